The fraction of sp³-hybridized carbons (Fsp3) is 0.286. The molecule has 1 heterocycles. The molecular formula is C14H14ClFN2O. The molecule has 0 bridgehead atoms. The minimum atomic E-state index is -0.589. The van der Waals surface area contributed by atoms with E-state index in [0.717, 1.165) is 5.56 Å². The van der Waals surface area contributed by atoms with Gasteiger partial charge in [-0.2, -0.15) is 0 Å². The van der Waals surface area contributed by atoms with Crippen LogP contribution in [-0.2, 0) is 4.74 Å². The van der Waals surface area contributed by atoms with Gasteiger partial charge in [-0.05, 0) is 19.4 Å². The Morgan fingerprint density at radius 3 is 2.53 bits per heavy atom. The van der Waals surface area contributed by atoms with E-state index in [1.54, 1.807) is 6.92 Å². The Labute approximate surface area is 116 Å². The number of halogens is 2. The zero-order valence-corrected chi connectivity index (χ0v) is 11.5. The van der Waals surface area contributed by atoms with Crippen molar-refractivity contribution in [2.24, 2.45) is 0 Å². The number of hydrogen-bond acceptors (Lipinski definition) is 3. The Balaban J connectivity index is 2.45. The molecule has 19 heavy (non-hydrogen) atoms. The van der Waals surface area contributed by atoms with E-state index in [2.05, 4.69) is 9.97 Å². The van der Waals surface area contributed by atoms with Gasteiger partial charge in [0.2, 0.25) is 0 Å². The number of aryl methyl sites for hydroxylation is 1. The molecule has 0 fully saturated rings. The van der Waals surface area contributed by atoms with Crippen LogP contribution in [0.1, 0.15) is 30.1 Å². The Hall–Kier alpha value is -1.52. The first-order chi connectivity index (χ1) is 9.13. The normalized spacial score (nSPS) is 12.4. The number of ether oxygens (including phenoxy) is 1. The summed E-state index contributed by atoms with van der Waals surface area (Å²) in [7, 11) is 0. The number of rotatable bonds is 4. The third kappa shape index (κ3) is 3.08. The minimum absolute atomic E-state index is 0.178. The zero-order chi connectivity index (χ0) is 13.8. The lowest BCUT2D eigenvalue weighted by atomic mass is 10.1. The van der Waals surface area contributed by atoms with Gasteiger partial charge in [0.1, 0.15) is 6.10 Å². The van der Waals surface area contributed by atoms with Crippen molar-refractivity contribution >= 4 is 11.6 Å². The molecule has 0 amide bonds. The van der Waals surface area contributed by atoms with Gasteiger partial charge >= 0.3 is 0 Å². The molecule has 0 N–H and O–H groups in total. The molecule has 1 aromatic carbocycles. The van der Waals surface area contributed by atoms with Crippen LogP contribution in [0.2, 0.25) is 5.15 Å². The largest absolute Gasteiger partial charge is 0.366 e. The van der Waals surface area contributed by atoms with Crippen LogP contribution in [-0.4, -0.2) is 16.6 Å². The summed E-state index contributed by atoms with van der Waals surface area (Å²) in [6.07, 6.45) is -0.442. The lowest BCUT2D eigenvalue weighted by molar-refractivity contribution is 0.0848. The van der Waals surface area contributed by atoms with E-state index in [1.807, 2.05) is 37.3 Å². The summed E-state index contributed by atoms with van der Waals surface area (Å²) in [5.41, 5.74) is 1.13. The van der Waals surface area contributed by atoms with Crippen LogP contribution in [0.15, 0.2) is 30.3 Å². The van der Waals surface area contributed by atoms with Crippen molar-refractivity contribution in [3.63, 3.8) is 0 Å². The van der Waals surface area contributed by atoms with Crippen LogP contribution in [0.25, 0.3) is 0 Å². The average molecular weight is 281 g/mol. The molecule has 0 spiro atoms. The van der Waals surface area contributed by atoms with Gasteiger partial charge in [-0.25, -0.2) is 14.4 Å². The molecule has 100 valence electrons. The molecule has 5 heteroatoms. The van der Waals surface area contributed by atoms with E-state index in [4.69, 9.17) is 16.3 Å². The van der Waals surface area contributed by atoms with E-state index in [-0.39, 0.29) is 10.8 Å². The summed E-state index contributed by atoms with van der Waals surface area (Å²) >= 11 is 5.77. The van der Waals surface area contributed by atoms with E-state index in [1.165, 1.54) is 0 Å². The zero-order valence-electron chi connectivity index (χ0n) is 10.7. The summed E-state index contributed by atoms with van der Waals surface area (Å²) in [5.74, 6) is -0.217. The van der Waals surface area contributed by atoms with Gasteiger partial charge in [0.05, 0.1) is 5.69 Å². The molecule has 2 rings (SSSR count). The summed E-state index contributed by atoms with van der Waals surface area (Å²) in [6, 6.07) is 9.54. The Morgan fingerprint density at radius 2 is 1.95 bits per heavy atom. The summed E-state index contributed by atoms with van der Waals surface area (Å²) in [6.45, 7) is 3.94. The first-order valence-corrected chi connectivity index (χ1v) is 6.37. The molecule has 0 saturated carbocycles. The summed E-state index contributed by atoms with van der Waals surface area (Å²) in [4.78, 5) is 8.12. The van der Waals surface area contributed by atoms with Gasteiger partial charge in [0.25, 0.3) is 0 Å². The molecule has 0 aliphatic rings. The van der Waals surface area contributed by atoms with Crippen LogP contribution in [0, 0.1) is 12.7 Å². The van der Waals surface area contributed by atoms with Crippen molar-refractivity contribution in [2.45, 2.75) is 20.0 Å². The van der Waals surface area contributed by atoms with Gasteiger partial charge in [0.15, 0.2) is 16.8 Å². The first-order valence-electron chi connectivity index (χ1n) is 5.99. The van der Waals surface area contributed by atoms with Crippen molar-refractivity contribution in [3.8, 4) is 0 Å². The van der Waals surface area contributed by atoms with E-state index < -0.39 is 11.9 Å². The van der Waals surface area contributed by atoms with Crippen molar-refractivity contribution in [2.75, 3.05) is 6.61 Å². The average Bonchev–Trinajstić information content (AvgIpc) is 2.42. The second-order valence-corrected chi connectivity index (χ2v) is 4.38. The molecule has 0 radical (unpaired) electrons. The third-order valence-corrected chi connectivity index (χ3v) is 2.91. The Kier molecular flexibility index (Phi) is 4.45. The van der Waals surface area contributed by atoms with Gasteiger partial charge in [-0.3, -0.25) is 0 Å². The number of nitrogens with zero attached hydrogens (tertiary/aromatic N) is 2. The first kappa shape index (κ1) is 13.9. The van der Waals surface area contributed by atoms with E-state index in [0.29, 0.717) is 12.4 Å². The maximum Gasteiger partial charge on any atom is 0.181 e. The van der Waals surface area contributed by atoms with Crippen LogP contribution >= 0.6 is 11.6 Å². The molecule has 1 aromatic heterocycles. The molecule has 2 aromatic rings. The van der Waals surface area contributed by atoms with E-state index >= 15 is 0 Å². The van der Waals surface area contributed by atoms with Crippen molar-refractivity contribution in [1.29, 1.82) is 0 Å². The third-order valence-electron chi connectivity index (χ3n) is 2.66. The number of hydrogen-bond donors (Lipinski definition) is 0. The van der Waals surface area contributed by atoms with Crippen molar-refractivity contribution in [3.05, 3.63) is 58.4 Å². The van der Waals surface area contributed by atoms with Crippen LogP contribution in [0.4, 0.5) is 4.39 Å². The molecular weight excluding hydrogens is 267 g/mol. The van der Waals surface area contributed by atoms with Gasteiger partial charge < -0.3 is 4.74 Å². The quantitative estimate of drug-likeness (QED) is 0.801. The van der Waals surface area contributed by atoms with Gasteiger partial charge in [-0.15, -0.1) is 0 Å². The lowest BCUT2D eigenvalue weighted by Crippen LogP contribution is -2.12. The maximum atomic E-state index is 13.5. The Bertz CT molecular complexity index is 540. The summed E-state index contributed by atoms with van der Waals surface area (Å²) < 4.78 is 19.1. The lowest BCUT2D eigenvalue weighted by Gasteiger charge is -2.17. The second-order valence-electron chi connectivity index (χ2n) is 4.02. The van der Waals surface area contributed by atoms with Gasteiger partial charge in [0, 0.05) is 6.61 Å². The predicted octanol–water partition coefficient (Wildman–Crippen LogP) is 3.70. The summed E-state index contributed by atoms with van der Waals surface area (Å²) in [5, 5.41) is -0.178. The van der Waals surface area contributed by atoms with Crippen molar-refractivity contribution in [1.82, 2.24) is 9.97 Å². The monoisotopic (exact) mass is 280 g/mol. The fourth-order valence-corrected chi connectivity index (χ4v) is 2.00. The van der Waals surface area contributed by atoms with Crippen LogP contribution < -0.4 is 0 Å². The molecule has 0 saturated heterocycles. The molecule has 3 nitrogen and oxygen atoms in total. The van der Waals surface area contributed by atoms with E-state index in [9.17, 15) is 4.39 Å². The maximum absolute atomic E-state index is 13.5. The highest BCUT2D eigenvalue weighted by molar-refractivity contribution is 6.29. The van der Waals surface area contributed by atoms with Crippen LogP contribution in [0.5, 0.6) is 0 Å². The molecule has 1 unspecified atom stereocenters. The number of aromatic nitrogens is 2. The smallest absolute Gasteiger partial charge is 0.181 e. The van der Waals surface area contributed by atoms with Crippen molar-refractivity contribution < 1.29 is 9.13 Å². The Morgan fingerprint density at radius 1 is 1.26 bits per heavy atom. The molecule has 1 atom stereocenters. The minimum Gasteiger partial charge on any atom is -0.366 e. The highest BCUT2D eigenvalue weighted by atomic mass is 35.5. The fourth-order valence-electron chi connectivity index (χ4n) is 1.78. The number of benzene rings is 1. The van der Waals surface area contributed by atoms with Gasteiger partial charge in [-0.1, -0.05) is 41.9 Å². The highest BCUT2D eigenvalue weighted by Crippen LogP contribution is 2.25. The highest BCUT2D eigenvalue weighted by Gasteiger charge is 2.20. The molecule has 0 aliphatic heterocycles. The topological polar surface area (TPSA) is 35.0 Å². The SMILES string of the molecule is CCOC(c1ccccc1)c1nc(C)c(F)c(Cl)n1. The second kappa shape index (κ2) is 6.08. The standard InChI is InChI=1S/C14H14ClFN2O/c1-3-19-12(10-7-5-4-6-8-10)14-17-9(2)11(16)13(15)18-14/h4-8,12H,3H2,1-2H3. The van der Waals surface area contributed by atoms with Crippen LogP contribution in [0.3, 0.4) is 0 Å². The predicted molar refractivity (Wildman–Crippen MR) is 71.6 cm³/mol. The molecule has 0 aliphatic carbocycles.